The number of nitrogens with two attached hydrogens (primary N) is 1. The van der Waals surface area contributed by atoms with Gasteiger partial charge in [0.05, 0.1) is 6.04 Å². The third kappa shape index (κ3) is 5.53. The lowest BCUT2D eigenvalue weighted by atomic mass is 10.0. The van der Waals surface area contributed by atoms with Crippen LogP contribution in [-0.2, 0) is 4.74 Å². The van der Waals surface area contributed by atoms with Gasteiger partial charge in [0.2, 0.25) is 0 Å². The lowest BCUT2D eigenvalue weighted by Crippen LogP contribution is -2.57. The maximum Gasteiger partial charge on any atom is 0.407 e. The van der Waals surface area contributed by atoms with Gasteiger partial charge >= 0.3 is 6.09 Å². The highest BCUT2D eigenvalue weighted by atomic mass is 35.5. The first-order chi connectivity index (χ1) is 6.88. The Hall–Kier alpha value is -0.520. The Morgan fingerprint density at radius 3 is 2.62 bits per heavy atom. The molecule has 96 valence electrons. The van der Waals surface area contributed by atoms with Crippen molar-refractivity contribution in [1.29, 1.82) is 0 Å². The fraction of sp³-hybridized carbons (Fsp3) is 0.900. The van der Waals surface area contributed by atoms with Gasteiger partial charge in [0.25, 0.3) is 0 Å². The van der Waals surface area contributed by atoms with Crippen LogP contribution in [0.2, 0.25) is 0 Å². The van der Waals surface area contributed by atoms with Crippen molar-refractivity contribution in [1.82, 2.24) is 10.6 Å². The first-order valence-electron chi connectivity index (χ1n) is 5.34. The lowest BCUT2D eigenvalue weighted by molar-refractivity contribution is 0.0490. The van der Waals surface area contributed by atoms with E-state index in [1.807, 2.05) is 20.8 Å². The highest BCUT2D eigenvalue weighted by Gasteiger charge is 2.25. The average Bonchev–Trinajstić information content (AvgIpc) is 2.05. The number of nitrogens with one attached hydrogen (secondary N) is 2. The third-order valence-electron chi connectivity index (χ3n) is 2.24. The minimum Gasteiger partial charge on any atom is -0.444 e. The normalized spacial score (nSPS) is 25.5. The van der Waals surface area contributed by atoms with Crippen molar-refractivity contribution in [3.05, 3.63) is 0 Å². The van der Waals surface area contributed by atoms with Gasteiger partial charge in [-0.15, -0.1) is 12.4 Å². The van der Waals surface area contributed by atoms with E-state index >= 15 is 0 Å². The fourth-order valence-corrected chi connectivity index (χ4v) is 1.50. The maximum atomic E-state index is 11.5. The van der Waals surface area contributed by atoms with Crippen molar-refractivity contribution in [2.45, 2.75) is 44.9 Å². The molecular formula is C10H22ClN3O2. The minimum absolute atomic E-state index is 0. The number of alkyl carbamates (subject to hydrolysis) is 1. The van der Waals surface area contributed by atoms with Crippen LogP contribution in [-0.4, -0.2) is 36.9 Å². The van der Waals surface area contributed by atoms with E-state index in [0.717, 1.165) is 13.0 Å². The van der Waals surface area contributed by atoms with E-state index in [1.54, 1.807) is 0 Å². The summed E-state index contributed by atoms with van der Waals surface area (Å²) < 4.78 is 5.16. The number of piperidine rings is 1. The number of rotatable bonds is 1. The number of hydrogen-bond donors (Lipinski definition) is 3. The maximum absolute atomic E-state index is 11.5. The summed E-state index contributed by atoms with van der Waals surface area (Å²) in [6.07, 6.45) is 0.479. The van der Waals surface area contributed by atoms with E-state index in [1.165, 1.54) is 0 Å². The zero-order valence-corrected chi connectivity index (χ0v) is 10.9. The molecule has 16 heavy (non-hydrogen) atoms. The molecule has 1 aliphatic heterocycles. The van der Waals surface area contributed by atoms with Crippen molar-refractivity contribution >= 4 is 18.5 Å². The van der Waals surface area contributed by atoms with Gasteiger partial charge in [-0.25, -0.2) is 4.79 Å². The summed E-state index contributed by atoms with van der Waals surface area (Å²) >= 11 is 0. The van der Waals surface area contributed by atoms with Gasteiger partial charge in [0.15, 0.2) is 0 Å². The molecule has 0 spiro atoms. The van der Waals surface area contributed by atoms with Crippen LogP contribution in [0.25, 0.3) is 0 Å². The highest BCUT2D eigenvalue weighted by Crippen LogP contribution is 2.08. The second-order valence-corrected chi connectivity index (χ2v) is 4.91. The molecular weight excluding hydrogens is 230 g/mol. The Morgan fingerprint density at radius 2 is 2.12 bits per heavy atom. The second-order valence-electron chi connectivity index (χ2n) is 4.91. The van der Waals surface area contributed by atoms with E-state index in [-0.39, 0.29) is 24.5 Å². The van der Waals surface area contributed by atoms with Crippen LogP contribution < -0.4 is 16.4 Å². The first kappa shape index (κ1) is 15.5. The second kappa shape index (κ2) is 6.27. The summed E-state index contributed by atoms with van der Waals surface area (Å²) in [5.41, 5.74) is 5.42. The van der Waals surface area contributed by atoms with Gasteiger partial charge in [-0.05, 0) is 33.7 Å². The Kier molecular flexibility index (Phi) is 6.07. The monoisotopic (exact) mass is 251 g/mol. The number of carbonyl (C=O) groups is 1. The molecule has 0 aromatic rings. The summed E-state index contributed by atoms with van der Waals surface area (Å²) in [5, 5.41) is 5.96. The molecule has 0 saturated carbocycles. The smallest absolute Gasteiger partial charge is 0.407 e. The van der Waals surface area contributed by atoms with Crippen LogP contribution in [0, 0.1) is 0 Å². The molecule has 1 amide bonds. The van der Waals surface area contributed by atoms with E-state index < -0.39 is 11.7 Å². The molecule has 1 aliphatic rings. The molecule has 6 heteroatoms. The van der Waals surface area contributed by atoms with Crippen LogP contribution in [0.15, 0.2) is 0 Å². The highest BCUT2D eigenvalue weighted by molar-refractivity contribution is 5.85. The molecule has 0 aromatic heterocycles. The largest absolute Gasteiger partial charge is 0.444 e. The van der Waals surface area contributed by atoms with Crippen LogP contribution in [0.4, 0.5) is 4.79 Å². The summed E-state index contributed by atoms with van der Waals surface area (Å²) in [6.45, 7) is 7.14. The minimum atomic E-state index is -0.462. The van der Waals surface area contributed by atoms with Crippen LogP contribution in [0.1, 0.15) is 27.2 Å². The Balaban J connectivity index is 0.00000225. The molecule has 4 N–H and O–H groups in total. The Labute approximate surface area is 103 Å². The topological polar surface area (TPSA) is 76.4 Å². The first-order valence-corrected chi connectivity index (χ1v) is 5.34. The number of hydrogen-bond acceptors (Lipinski definition) is 4. The van der Waals surface area contributed by atoms with Crippen LogP contribution in [0.3, 0.4) is 0 Å². The SMILES string of the molecule is CC(C)(C)OC(=O)NC1CNCCC1N.Cl. The molecule has 0 bridgehead atoms. The summed E-state index contributed by atoms with van der Waals surface area (Å²) in [5.74, 6) is 0. The molecule has 0 aliphatic carbocycles. The summed E-state index contributed by atoms with van der Waals surface area (Å²) in [6, 6.07) is -0.0210. The molecule has 1 saturated heterocycles. The van der Waals surface area contributed by atoms with Crippen molar-refractivity contribution in [2.24, 2.45) is 5.73 Å². The predicted molar refractivity (Wildman–Crippen MR) is 65.9 cm³/mol. The van der Waals surface area contributed by atoms with E-state index in [4.69, 9.17) is 10.5 Å². The van der Waals surface area contributed by atoms with Gasteiger partial charge in [-0.1, -0.05) is 0 Å². The molecule has 0 aromatic carbocycles. The molecule has 2 atom stereocenters. The molecule has 1 heterocycles. The van der Waals surface area contributed by atoms with Crippen molar-refractivity contribution in [3.63, 3.8) is 0 Å². The quantitative estimate of drug-likeness (QED) is 0.639. The third-order valence-corrected chi connectivity index (χ3v) is 2.24. The molecule has 0 radical (unpaired) electrons. The summed E-state index contributed by atoms with van der Waals surface area (Å²) in [7, 11) is 0. The zero-order valence-electron chi connectivity index (χ0n) is 10.1. The van der Waals surface area contributed by atoms with Crippen LogP contribution in [0.5, 0.6) is 0 Å². The zero-order chi connectivity index (χ0) is 11.5. The number of amides is 1. The van der Waals surface area contributed by atoms with Gasteiger partial charge in [-0.3, -0.25) is 0 Å². The number of carbonyl (C=O) groups excluding carboxylic acids is 1. The predicted octanol–water partition coefficient (Wildman–Crippen LogP) is 0.622. The van der Waals surface area contributed by atoms with E-state index in [2.05, 4.69) is 10.6 Å². The van der Waals surface area contributed by atoms with Crippen molar-refractivity contribution in [2.75, 3.05) is 13.1 Å². The Bertz CT molecular complexity index is 231. The number of ether oxygens (including phenoxy) is 1. The lowest BCUT2D eigenvalue weighted by Gasteiger charge is -2.31. The van der Waals surface area contributed by atoms with E-state index in [9.17, 15) is 4.79 Å². The van der Waals surface area contributed by atoms with E-state index in [0.29, 0.717) is 6.54 Å². The average molecular weight is 252 g/mol. The van der Waals surface area contributed by atoms with Crippen molar-refractivity contribution in [3.8, 4) is 0 Å². The van der Waals surface area contributed by atoms with Crippen LogP contribution >= 0.6 is 12.4 Å². The standard InChI is InChI=1S/C10H21N3O2.ClH/c1-10(2,3)15-9(14)13-8-6-12-5-4-7(8)11;/h7-8,12H,4-6,11H2,1-3H3,(H,13,14);1H. The number of halogens is 1. The molecule has 1 rings (SSSR count). The Morgan fingerprint density at radius 1 is 1.50 bits per heavy atom. The van der Waals surface area contributed by atoms with Gasteiger partial charge in [0.1, 0.15) is 5.60 Å². The van der Waals surface area contributed by atoms with Gasteiger partial charge < -0.3 is 21.1 Å². The molecule has 2 unspecified atom stereocenters. The summed E-state index contributed by atoms with van der Waals surface area (Å²) in [4.78, 5) is 11.5. The van der Waals surface area contributed by atoms with Crippen molar-refractivity contribution < 1.29 is 9.53 Å². The molecule has 5 nitrogen and oxygen atoms in total. The fourth-order valence-electron chi connectivity index (χ4n) is 1.50. The van der Waals surface area contributed by atoms with Gasteiger partial charge in [-0.2, -0.15) is 0 Å². The van der Waals surface area contributed by atoms with Gasteiger partial charge in [0, 0.05) is 12.6 Å². The molecule has 1 fully saturated rings.